The fraction of sp³-hybridized carbons (Fsp3) is 0.231. The largest absolute Gasteiger partial charge is 0.495 e. The second-order valence-corrected chi connectivity index (χ2v) is 10.1. The van der Waals surface area contributed by atoms with Crippen LogP contribution in [-0.2, 0) is 10.0 Å². The van der Waals surface area contributed by atoms with E-state index in [1.165, 1.54) is 19.2 Å². The van der Waals surface area contributed by atoms with Crippen LogP contribution >= 0.6 is 0 Å². The van der Waals surface area contributed by atoms with Crippen molar-refractivity contribution in [2.45, 2.75) is 23.7 Å². The first-order valence-electron chi connectivity index (χ1n) is 11.4. The number of anilines is 1. The highest BCUT2D eigenvalue weighted by Gasteiger charge is 2.29. The Hall–Kier alpha value is -3.85. The Kier molecular flexibility index (Phi) is 6.17. The normalized spacial score (nSPS) is 16.3. The average Bonchev–Trinajstić information content (AvgIpc) is 3.33. The van der Waals surface area contributed by atoms with Gasteiger partial charge in [-0.3, -0.25) is 9.52 Å². The summed E-state index contributed by atoms with van der Waals surface area (Å²) in [6.07, 6.45) is 1.73. The zero-order chi connectivity index (χ0) is 24.4. The third kappa shape index (κ3) is 4.72. The maximum Gasteiger partial charge on any atom is 0.262 e. The van der Waals surface area contributed by atoms with E-state index in [1.54, 1.807) is 41.3 Å². The lowest BCUT2D eigenvalue weighted by molar-refractivity contribution is 0.0699. The molecule has 0 aliphatic carbocycles. The lowest BCUT2D eigenvalue weighted by Gasteiger charge is -2.31. The van der Waals surface area contributed by atoms with Crippen LogP contribution in [0.4, 0.5) is 5.69 Å². The van der Waals surface area contributed by atoms with Crippen LogP contribution in [0.15, 0.2) is 82.1 Å². The van der Waals surface area contributed by atoms with Crippen LogP contribution < -0.4 is 9.46 Å². The second-order valence-electron chi connectivity index (χ2n) is 8.44. The fourth-order valence-electron chi connectivity index (χ4n) is 4.32. The maximum atomic E-state index is 13.2. The van der Waals surface area contributed by atoms with Crippen molar-refractivity contribution < 1.29 is 22.4 Å². The van der Waals surface area contributed by atoms with E-state index in [4.69, 9.17) is 9.15 Å². The molecule has 35 heavy (non-hydrogen) atoms. The summed E-state index contributed by atoms with van der Waals surface area (Å²) in [5, 5.41) is 0. The van der Waals surface area contributed by atoms with E-state index >= 15 is 0 Å². The van der Waals surface area contributed by atoms with E-state index in [9.17, 15) is 13.2 Å². The lowest BCUT2D eigenvalue weighted by atomic mass is 9.97. The van der Waals surface area contributed by atoms with Crippen molar-refractivity contribution in [1.29, 1.82) is 0 Å². The molecule has 1 N–H and O–H groups in total. The first kappa shape index (κ1) is 22.9. The maximum absolute atomic E-state index is 13.2. The van der Waals surface area contributed by atoms with Gasteiger partial charge in [0.1, 0.15) is 11.3 Å². The minimum absolute atomic E-state index is 0.0183. The monoisotopic (exact) mass is 491 g/mol. The molecule has 9 heteroatoms. The highest BCUT2D eigenvalue weighted by molar-refractivity contribution is 7.92. The Morgan fingerprint density at radius 2 is 1.80 bits per heavy atom. The van der Waals surface area contributed by atoms with Crippen molar-refractivity contribution in [3.8, 4) is 5.75 Å². The highest BCUT2D eigenvalue weighted by atomic mass is 32.2. The third-order valence-electron chi connectivity index (χ3n) is 6.13. The third-order valence-corrected chi connectivity index (χ3v) is 7.51. The van der Waals surface area contributed by atoms with Crippen molar-refractivity contribution in [2.24, 2.45) is 0 Å². The molecule has 2 heterocycles. The number of carbonyl (C=O) groups excluding carboxylic acids is 1. The molecule has 0 spiro atoms. The van der Waals surface area contributed by atoms with Gasteiger partial charge in [0.25, 0.3) is 15.9 Å². The van der Waals surface area contributed by atoms with E-state index in [2.05, 4.69) is 9.71 Å². The molecule has 1 atom stereocenters. The highest BCUT2D eigenvalue weighted by Crippen LogP contribution is 2.30. The van der Waals surface area contributed by atoms with Gasteiger partial charge in [-0.1, -0.05) is 24.3 Å². The van der Waals surface area contributed by atoms with E-state index < -0.39 is 10.0 Å². The minimum atomic E-state index is -3.85. The molecular weight excluding hydrogens is 466 g/mol. The summed E-state index contributed by atoms with van der Waals surface area (Å²) >= 11 is 0. The molecule has 1 aliphatic heterocycles. The number of amides is 1. The first-order valence-corrected chi connectivity index (χ1v) is 12.8. The molecule has 5 rings (SSSR count). The topological polar surface area (TPSA) is 102 Å². The van der Waals surface area contributed by atoms with Gasteiger partial charge < -0.3 is 14.1 Å². The van der Waals surface area contributed by atoms with Gasteiger partial charge in [-0.25, -0.2) is 13.4 Å². The van der Waals surface area contributed by atoms with Crippen LogP contribution in [0.25, 0.3) is 11.1 Å². The number of benzene rings is 3. The number of hydrogen-bond donors (Lipinski definition) is 1. The molecule has 0 saturated carbocycles. The molecule has 3 aromatic carbocycles. The summed E-state index contributed by atoms with van der Waals surface area (Å²) in [5.41, 5.74) is 2.32. The van der Waals surface area contributed by atoms with Crippen LogP contribution in [0.3, 0.4) is 0 Å². The van der Waals surface area contributed by atoms with Crippen LogP contribution in [0.5, 0.6) is 5.75 Å². The second kappa shape index (κ2) is 9.42. The molecule has 1 saturated heterocycles. The number of oxazole rings is 1. The van der Waals surface area contributed by atoms with Gasteiger partial charge in [-0.15, -0.1) is 0 Å². The summed E-state index contributed by atoms with van der Waals surface area (Å²) < 4.78 is 39.4. The molecule has 8 nitrogen and oxygen atoms in total. The van der Waals surface area contributed by atoms with Crippen molar-refractivity contribution >= 4 is 32.7 Å². The fourth-order valence-corrected chi connectivity index (χ4v) is 5.39. The summed E-state index contributed by atoms with van der Waals surface area (Å²) in [7, 11) is -2.37. The van der Waals surface area contributed by atoms with Crippen LogP contribution in [0.2, 0.25) is 0 Å². The van der Waals surface area contributed by atoms with Crippen molar-refractivity contribution in [2.75, 3.05) is 24.9 Å². The van der Waals surface area contributed by atoms with Gasteiger partial charge in [0, 0.05) is 18.7 Å². The quantitative estimate of drug-likeness (QED) is 0.421. The zero-order valence-corrected chi connectivity index (χ0v) is 20.0. The molecule has 180 valence electrons. The number of nitrogens with one attached hydrogen (secondary N) is 1. The average molecular weight is 492 g/mol. The Morgan fingerprint density at radius 3 is 2.57 bits per heavy atom. The summed E-state index contributed by atoms with van der Waals surface area (Å²) in [6, 6.07) is 20.4. The molecule has 0 bridgehead atoms. The number of hydrogen-bond acceptors (Lipinski definition) is 6. The number of carbonyl (C=O) groups is 1. The van der Waals surface area contributed by atoms with Crippen molar-refractivity contribution in [3.05, 3.63) is 84.3 Å². The number of aromatic nitrogens is 1. The minimum Gasteiger partial charge on any atom is -0.495 e. The van der Waals surface area contributed by atoms with Gasteiger partial charge in [-0.05, 0) is 61.4 Å². The van der Waals surface area contributed by atoms with Crippen LogP contribution in [0.1, 0.15) is 35.0 Å². The Bertz CT molecular complexity index is 1430. The number of methoxy groups -OCH3 is 1. The van der Waals surface area contributed by atoms with Crippen LogP contribution in [-0.4, -0.2) is 44.4 Å². The van der Waals surface area contributed by atoms with Gasteiger partial charge in [0.2, 0.25) is 0 Å². The lowest BCUT2D eigenvalue weighted by Crippen LogP contribution is -2.39. The zero-order valence-electron chi connectivity index (χ0n) is 19.2. The van der Waals surface area contributed by atoms with Crippen molar-refractivity contribution in [3.63, 3.8) is 0 Å². The Morgan fingerprint density at radius 1 is 1.06 bits per heavy atom. The first-order chi connectivity index (χ1) is 16.9. The summed E-state index contributed by atoms with van der Waals surface area (Å²) in [6.45, 7) is 1.13. The van der Waals surface area contributed by atoms with Gasteiger partial charge in [0.05, 0.1) is 23.6 Å². The smallest absolute Gasteiger partial charge is 0.262 e. The number of para-hydroxylation sites is 4. The molecule has 1 aromatic heterocycles. The van der Waals surface area contributed by atoms with Gasteiger partial charge in [-0.2, -0.15) is 0 Å². The predicted molar refractivity (Wildman–Crippen MR) is 132 cm³/mol. The van der Waals surface area contributed by atoms with E-state index in [1.807, 2.05) is 24.3 Å². The number of sulfonamides is 1. The molecule has 1 fully saturated rings. The Balaban J connectivity index is 1.30. The van der Waals surface area contributed by atoms with Crippen LogP contribution in [0, 0.1) is 0 Å². The van der Waals surface area contributed by atoms with E-state index in [-0.39, 0.29) is 16.7 Å². The summed E-state index contributed by atoms with van der Waals surface area (Å²) in [5.74, 6) is 0.936. The molecule has 1 amide bonds. The van der Waals surface area contributed by atoms with E-state index in [0.29, 0.717) is 36.0 Å². The SMILES string of the molecule is COc1ccccc1NS(=O)(=O)c1ccc(C(=O)N2CCCC(c3nc4ccccc4o3)C2)cc1. The standard InChI is InChI=1S/C26H25N3O5S/c1-33-23-10-4-3-9-22(23)28-35(31,32)20-14-12-18(13-15-20)26(30)29-16-6-7-19(17-29)25-27-21-8-2-5-11-24(21)34-25/h2-5,8-15,19,28H,6-7,16-17H2,1H3. The molecular formula is C26H25N3O5S. The summed E-state index contributed by atoms with van der Waals surface area (Å²) in [4.78, 5) is 19.6. The number of rotatable bonds is 6. The van der Waals surface area contributed by atoms with E-state index in [0.717, 1.165) is 23.9 Å². The predicted octanol–water partition coefficient (Wildman–Crippen LogP) is 4.66. The van der Waals surface area contributed by atoms with Gasteiger partial charge in [0.15, 0.2) is 11.5 Å². The Labute approximate surface area is 203 Å². The molecule has 1 aliphatic rings. The van der Waals surface area contributed by atoms with Crippen molar-refractivity contribution in [1.82, 2.24) is 9.88 Å². The van der Waals surface area contributed by atoms with Gasteiger partial charge >= 0.3 is 0 Å². The molecule has 1 unspecified atom stereocenters. The number of likely N-dealkylation sites (tertiary alicyclic amines) is 1. The number of piperidine rings is 1. The molecule has 4 aromatic rings. The number of nitrogens with zero attached hydrogens (tertiary/aromatic N) is 2. The number of fused-ring (bicyclic) bond motifs is 1. The molecule has 0 radical (unpaired) electrons. The number of ether oxygens (including phenoxy) is 1.